The number of nitrogens with one attached hydrogen (secondary N) is 1. The van der Waals surface area contributed by atoms with Crippen LogP contribution in [-0.4, -0.2) is 100 Å². The molecule has 4 atom stereocenters. The molecule has 0 bridgehead atoms. The lowest BCUT2D eigenvalue weighted by molar-refractivity contribution is -0.131. The van der Waals surface area contributed by atoms with Crippen LogP contribution in [0.25, 0.3) is 0 Å². The first-order valence-electron chi connectivity index (χ1n) is 25.4. The van der Waals surface area contributed by atoms with Crippen LogP contribution in [0.4, 0.5) is 21.0 Å². The number of anilines is 2. The molecule has 4 heterocycles. The number of piperidine rings is 2. The Kier molecular flexibility index (Phi) is 21.6. The second-order valence-corrected chi connectivity index (χ2v) is 21.7. The number of carboxylic acids is 1. The van der Waals surface area contributed by atoms with Gasteiger partial charge in [-0.25, -0.2) is 14.4 Å². The first-order valence-corrected chi connectivity index (χ1v) is 25.4. The van der Waals surface area contributed by atoms with E-state index in [1.54, 1.807) is 42.7 Å². The van der Waals surface area contributed by atoms with Gasteiger partial charge in [-0.2, -0.15) is 0 Å². The first kappa shape index (κ1) is 56.1. The lowest BCUT2D eigenvalue weighted by Crippen LogP contribution is -2.50. The van der Waals surface area contributed by atoms with Gasteiger partial charge in [0.1, 0.15) is 11.2 Å². The number of ether oxygens (including phenoxy) is 2. The fraction of sp³-hybridized carbons (Fsp3) is 0.607. The Labute approximate surface area is 412 Å². The highest BCUT2D eigenvalue weighted by Gasteiger charge is 2.37. The number of carboxylic acid groups (broad SMARTS) is 1. The van der Waals surface area contributed by atoms with Gasteiger partial charge in [0.2, 0.25) is 0 Å². The Balaban J connectivity index is 0.000000259. The molecule has 0 unspecified atom stereocenters. The Morgan fingerprint density at radius 3 is 1.61 bits per heavy atom. The summed E-state index contributed by atoms with van der Waals surface area (Å²) in [6, 6.07) is 15.5. The third kappa shape index (κ3) is 19.1. The number of ketones is 2. The maximum Gasteiger partial charge on any atom is 0.410 e. The summed E-state index contributed by atoms with van der Waals surface area (Å²) in [5.74, 6) is -0.467. The smallest absolute Gasteiger partial charge is 0.410 e. The molecule has 2 aromatic rings. The summed E-state index contributed by atoms with van der Waals surface area (Å²) in [6.45, 7) is 22.1. The van der Waals surface area contributed by atoms with Crippen LogP contribution < -0.4 is 10.2 Å². The molecule has 0 spiro atoms. The largest absolute Gasteiger partial charge is 0.478 e. The number of allylic oxidation sites excluding steroid dienone is 2. The van der Waals surface area contributed by atoms with E-state index in [0.29, 0.717) is 50.7 Å². The average Bonchev–Trinajstić information content (AvgIpc) is 3.94. The molecule has 2 N–H and O–H groups in total. The molecule has 13 heteroatoms. The van der Waals surface area contributed by atoms with Gasteiger partial charge in [-0.15, -0.1) is 0 Å². The van der Waals surface area contributed by atoms with E-state index >= 15 is 0 Å². The van der Waals surface area contributed by atoms with Gasteiger partial charge in [-0.1, -0.05) is 76.2 Å². The van der Waals surface area contributed by atoms with Crippen molar-refractivity contribution in [2.24, 2.45) is 23.7 Å². The van der Waals surface area contributed by atoms with Crippen molar-refractivity contribution in [1.82, 2.24) is 9.80 Å². The zero-order valence-electron chi connectivity index (χ0n) is 43.3. The van der Waals surface area contributed by atoms with Crippen LogP contribution in [-0.2, 0) is 41.5 Å². The van der Waals surface area contributed by atoms with Crippen LogP contribution in [0.1, 0.15) is 145 Å². The minimum absolute atomic E-state index is 0.0174. The molecular weight excluding hydrogens is 873 g/mol. The monoisotopic (exact) mass is 955 g/mol. The zero-order valence-corrected chi connectivity index (χ0v) is 43.3. The summed E-state index contributed by atoms with van der Waals surface area (Å²) >= 11 is 0. The van der Waals surface area contributed by atoms with Crippen LogP contribution >= 0.6 is 0 Å². The predicted octanol–water partition coefficient (Wildman–Crippen LogP) is 11.2. The molecule has 3 amide bonds. The number of hydrogen-bond donors (Lipinski definition) is 2. The number of fused-ring (bicyclic) bond motifs is 2. The number of carbonyl (C=O) groups excluding carboxylic acids is 5. The normalized spacial score (nSPS) is 18.9. The van der Waals surface area contributed by atoms with Crippen molar-refractivity contribution in [3.63, 3.8) is 0 Å². The second kappa shape index (κ2) is 26.5. The molecule has 69 heavy (non-hydrogen) atoms. The molecule has 0 radical (unpaired) electrons. The predicted molar refractivity (Wildman–Crippen MR) is 273 cm³/mol. The van der Waals surface area contributed by atoms with E-state index in [1.807, 2.05) is 63.8 Å². The number of Topliss-reactive ketones (excluding diaryl/α,β-unsaturated/α-hetero) is 2. The maximum atomic E-state index is 13.4. The molecule has 4 aliphatic heterocycles. The molecule has 6 rings (SSSR count). The highest BCUT2D eigenvalue weighted by molar-refractivity contribution is 6.03. The van der Waals surface area contributed by atoms with E-state index in [2.05, 4.69) is 49.5 Å². The van der Waals surface area contributed by atoms with Crippen LogP contribution in [0.15, 0.2) is 72.8 Å². The number of rotatable bonds is 14. The molecule has 0 aliphatic carbocycles. The van der Waals surface area contributed by atoms with Crippen molar-refractivity contribution >= 4 is 47.0 Å². The van der Waals surface area contributed by atoms with E-state index in [1.165, 1.54) is 23.2 Å². The van der Waals surface area contributed by atoms with E-state index in [0.717, 1.165) is 63.3 Å². The summed E-state index contributed by atoms with van der Waals surface area (Å²) in [4.78, 5) is 80.2. The van der Waals surface area contributed by atoms with Gasteiger partial charge < -0.3 is 24.8 Å². The van der Waals surface area contributed by atoms with Crippen molar-refractivity contribution in [2.75, 3.05) is 36.4 Å². The summed E-state index contributed by atoms with van der Waals surface area (Å²) < 4.78 is 11.0. The van der Waals surface area contributed by atoms with Gasteiger partial charge in [0.25, 0.3) is 5.91 Å². The molecule has 4 aliphatic rings. The van der Waals surface area contributed by atoms with Crippen LogP contribution in [0.2, 0.25) is 0 Å². The zero-order chi connectivity index (χ0) is 50.9. The molecule has 2 aromatic carbocycles. The number of benzene rings is 2. The van der Waals surface area contributed by atoms with E-state index in [9.17, 15) is 28.8 Å². The SMILES string of the molecule is CC(C)C[C@@H](/C=C/C(=O)N1CCc2ccccc21)CC(=O)[C@@H]1CCCCN1C(=O)OC(C)(C)C.CC(C)C[C@@H](/C=C/C(=O)O)CC(=O)[C@@H]1CCCCN1C(=O)OC(C)(C)C.c1ccc2c(c1)CCN2. The molecule has 2 saturated heterocycles. The van der Waals surface area contributed by atoms with Gasteiger partial charge in [0, 0.05) is 56.5 Å². The van der Waals surface area contributed by atoms with Crippen molar-refractivity contribution in [1.29, 1.82) is 0 Å². The second-order valence-electron chi connectivity index (χ2n) is 21.7. The summed E-state index contributed by atoms with van der Waals surface area (Å²) in [7, 11) is 0. The molecule has 13 nitrogen and oxygen atoms in total. The number of aliphatic carboxylic acids is 1. The highest BCUT2D eigenvalue weighted by Crippen LogP contribution is 2.30. The first-order chi connectivity index (χ1) is 32.5. The molecular formula is C56H82N4O9. The van der Waals surface area contributed by atoms with Crippen LogP contribution in [0.5, 0.6) is 0 Å². The quantitative estimate of drug-likeness (QED) is 0.174. The fourth-order valence-corrected chi connectivity index (χ4v) is 9.41. The number of hydrogen-bond acceptors (Lipinski definition) is 9. The number of para-hydroxylation sites is 2. The van der Waals surface area contributed by atoms with Crippen LogP contribution in [0, 0.1) is 23.7 Å². The minimum Gasteiger partial charge on any atom is -0.478 e. The Morgan fingerprint density at radius 2 is 1.13 bits per heavy atom. The highest BCUT2D eigenvalue weighted by atomic mass is 16.6. The third-order valence-electron chi connectivity index (χ3n) is 12.4. The van der Waals surface area contributed by atoms with E-state index in [4.69, 9.17) is 14.6 Å². The standard InChI is InChI=1S/C28H40N2O4.C20H33NO5.C8H9N/c1-20(2)18-21(13-14-26(32)29-17-15-22-10-6-7-11-23(22)29)19-25(31)24-12-8-9-16-30(24)27(33)34-28(3,4)5;1-14(2)12-15(9-10-18(23)24)13-17(22)16-8-6-7-11-21(16)19(25)26-20(3,4)5;1-2-4-8-7(3-1)5-6-9-8/h6-7,10-11,13-14,20-21,24H,8-9,12,15-19H2,1-5H3;9-10,14-16H,6-8,11-13H2,1-5H3,(H,23,24);1-4,9H,5-6H2/b14-13+;10-9+;/t21-,24+;15-,16+;/m11./s1. The third-order valence-corrected chi connectivity index (χ3v) is 12.4. The van der Waals surface area contributed by atoms with Gasteiger partial charge in [-0.3, -0.25) is 24.2 Å². The molecule has 0 aromatic heterocycles. The Morgan fingerprint density at radius 1 is 0.652 bits per heavy atom. The Hall–Kier alpha value is -5.46. The summed E-state index contributed by atoms with van der Waals surface area (Å²) in [6.07, 6.45) is 14.4. The van der Waals surface area contributed by atoms with E-state index < -0.39 is 41.4 Å². The lowest BCUT2D eigenvalue weighted by Gasteiger charge is -2.36. The van der Waals surface area contributed by atoms with Gasteiger partial charge in [-0.05, 0) is 159 Å². The van der Waals surface area contributed by atoms with Crippen molar-refractivity contribution < 1.29 is 43.3 Å². The number of nitrogens with zero attached hydrogens (tertiary/aromatic N) is 3. The summed E-state index contributed by atoms with van der Waals surface area (Å²) in [5, 5.41) is 12.2. The topological polar surface area (TPSA) is 163 Å². The Bertz CT molecular complexity index is 2070. The van der Waals surface area contributed by atoms with E-state index in [-0.39, 0.29) is 35.7 Å². The summed E-state index contributed by atoms with van der Waals surface area (Å²) in [5.41, 5.74) is 3.74. The molecule has 380 valence electrons. The lowest BCUT2D eigenvalue weighted by atomic mass is 9.87. The van der Waals surface area contributed by atoms with Gasteiger partial charge in [0.05, 0.1) is 12.1 Å². The number of likely N-dealkylation sites (tertiary alicyclic amines) is 2. The number of carbonyl (C=O) groups is 6. The average molecular weight is 955 g/mol. The fourth-order valence-electron chi connectivity index (χ4n) is 9.41. The molecule has 0 saturated carbocycles. The van der Waals surface area contributed by atoms with Crippen molar-refractivity contribution in [3.8, 4) is 0 Å². The van der Waals surface area contributed by atoms with Gasteiger partial charge in [0.15, 0.2) is 11.6 Å². The van der Waals surface area contributed by atoms with Crippen molar-refractivity contribution in [3.05, 3.63) is 84.0 Å². The molecule has 2 fully saturated rings. The number of amides is 3. The van der Waals surface area contributed by atoms with Gasteiger partial charge >= 0.3 is 18.2 Å². The van der Waals surface area contributed by atoms with Crippen LogP contribution in [0.3, 0.4) is 0 Å². The minimum atomic E-state index is -1.01. The maximum absolute atomic E-state index is 13.4. The van der Waals surface area contributed by atoms with Crippen molar-refractivity contribution in [2.45, 2.75) is 170 Å².